The summed E-state index contributed by atoms with van der Waals surface area (Å²) in [6.07, 6.45) is 5.55. The van der Waals surface area contributed by atoms with E-state index in [0.717, 1.165) is 36.0 Å². The molecule has 1 aliphatic carbocycles. The summed E-state index contributed by atoms with van der Waals surface area (Å²) >= 11 is 0. The van der Waals surface area contributed by atoms with Crippen LogP contribution in [0.25, 0.3) is 11.1 Å². The fourth-order valence-corrected chi connectivity index (χ4v) is 4.31. The molecule has 4 atom stereocenters. The molecule has 6 nitrogen and oxygen atoms in total. The molecule has 2 N–H and O–H groups in total. The quantitative estimate of drug-likeness (QED) is 0.809. The highest BCUT2D eigenvalue weighted by Crippen LogP contribution is 2.35. The summed E-state index contributed by atoms with van der Waals surface area (Å²) in [4.78, 5) is 16.7. The number of aromatic nitrogens is 1. The van der Waals surface area contributed by atoms with Gasteiger partial charge in [-0.1, -0.05) is 24.3 Å². The molecule has 2 fully saturated rings. The number of ether oxygens (including phenoxy) is 1. The van der Waals surface area contributed by atoms with E-state index in [1.165, 1.54) is 0 Å². The zero-order valence-electron chi connectivity index (χ0n) is 15.9. The molecule has 2 bridgehead atoms. The summed E-state index contributed by atoms with van der Waals surface area (Å²) in [5.41, 5.74) is 3.08. The number of nitrogens with zero attached hydrogens (tertiary/aromatic N) is 2. The van der Waals surface area contributed by atoms with Gasteiger partial charge in [-0.3, -0.25) is 4.79 Å². The fraction of sp³-hybridized carbons (Fsp3) is 0.409. The summed E-state index contributed by atoms with van der Waals surface area (Å²) < 4.78 is 5.17. The SMILES string of the molecule is COc1cc(-c2ccc(C[C@@H](C#N)NC(=O)[C@H]3N[C@@H]4CC[C@H]3C4)cc2)ccn1. The van der Waals surface area contributed by atoms with Crippen molar-refractivity contribution in [1.82, 2.24) is 15.6 Å². The van der Waals surface area contributed by atoms with E-state index in [1.54, 1.807) is 13.3 Å². The van der Waals surface area contributed by atoms with Gasteiger partial charge in [0.05, 0.1) is 19.2 Å². The smallest absolute Gasteiger partial charge is 0.238 e. The van der Waals surface area contributed by atoms with Gasteiger partial charge in [-0.2, -0.15) is 5.26 Å². The van der Waals surface area contributed by atoms with E-state index in [2.05, 4.69) is 21.7 Å². The number of carbonyl (C=O) groups is 1. The Morgan fingerprint density at radius 2 is 2.14 bits per heavy atom. The largest absolute Gasteiger partial charge is 0.481 e. The molecule has 1 saturated heterocycles. The van der Waals surface area contributed by atoms with Gasteiger partial charge < -0.3 is 15.4 Å². The lowest BCUT2D eigenvalue weighted by molar-refractivity contribution is -0.124. The first-order valence-corrected chi connectivity index (χ1v) is 9.71. The van der Waals surface area contributed by atoms with Crippen molar-refractivity contribution in [2.75, 3.05) is 7.11 Å². The van der Waals surface area contributed by atoms with Crippen molar-refractivity contribution in [1.29, 1.82) is 5.26 Å². The number of hydrogen-bond acceptors (Lipinski definition) is 5. The molecule has 1 amide bonds. The minimum Gasteiger partial charge on any atom is -0.481 e. The average molecular weight is 376 g/mol. The molecule has 144 valence electrons. The molecule has 0 spiro atoms. The number of methoxy groups -OCH3 is 1. The molecule has 6 heteroatoms. The highest BCUT2D eigenvalue weighted by atomic mass is 16.5. The number of rotatable bonds is 6. The van der Waals surface area contributed by atoms with Gasteiger partial charge in [-0.05, 0) is 47.9 Å². The highest BCUT2D eigenvalue weighted by molar-refractivity contribution is 5.83. The van der Waals surface area contributed by atoms with Gasteiger partial charge in [-0.25, -0.2) is 4.98 Å². The van der Waals surface area contributed by atoms with Crippen LogP contribution >= 0.6 is 0 Å². The summed E-state index contributed by atoms with van der Waals surface area (Å²) in [5, 5.41) is 15.8. The van der Waals surface area contributed by atoms with Gasteiger partial charge in [0, 0.05) is 24.7 Å². The van der Waals surface area contributed by atoms with Crippen LogP contribution in [0.3, 0.4) is 0 Å². The van der Waals surface area contributed by atoms with Crippen LogP contribution in [0.2, 0.25) is 0 Å². The van der Waals surface area contributed by atoms with Crippen molar-refractivity contribution in [3.05, 3.63) is 48.2 Å². The molecule has 1 aromatic carbocycles. The molecular formula is C22H24N4O2. The lowest BCUT2D eigenvalue weighted by atomic mass is 9.98. The molecule has 28 heavy (non-hydrogen) atoms. The maximum atomic E-state index is 12.6. The van der Waals surface area contributed by atoms with Gasteiger partial charge in [0.2, 0.25) is 11.8 Å². The lowest BCUT2D eigenvalue weighted by Gasteiger charge is -2.23. The zero-order chi connectivity index (χ0) is 19.5. The first kappa shape index (κ1) is 18.5. The van der Waals surface area contributed by atoms with Crippen molar-refractivity contribution < 1.29 is 9.53 Å². The van der Waals surface area contributed by atoms with Crippen LogP contribution in [-0.4, -0.2) is 36.1 Å². The molecule has 2 aromatic rings. The summed E-state index contributed by atoms with van der Waals surface area (Å²) in [5.74, 6) is 0.947. The molecule has 2 aliphatic rings. The Morgan fingerprint density at radius 3 is 2.79 bits per heavy atom. The number of pyridine rings is 1. The number of benzene rings is 1. The number of carbonyl (C=O) groups excluding carboxylic acids is 1. The monoisotopic (exact) mass is 376 g/mol. The fourth-order valence-electron chi connectivity index (χ4n) is 4.31. The molecule has 4 rings (SSSR count). The van der Waals surface area contributed by atoms with Gasteiger partial charge in [0.25, 0.3) is 0 Å². The second-order valence-electron chi connectivity index (χ2n) is 7.59. The van der Waals surface area contributed by atoms with Crippen LogP contribution in [0.1, 0.15) is 24.8 Å². The zero-order valence-corrected chi connectivity index (χ0v) is 15.9. The second kappa shape index (κ2) is 7.99. The third kappa shape index (κ3) is 3.85. The van der Waals surface area contributed by atoms with E-state index >= 15 is 0 Å². The minimum atomic E-state index is -0.528. The maximum absolute atomic E-state index is 12.6. The second-order valence-corrected chi connectivity index (χ2v) is 7.59. The summed E-state index contributed by atoms with van der Waals surface area (Å²) in [7, 11) is 1.59. The molecule has 0 unspecified atom stereocenters. The Labute approximate surface area is 164 Å². The van der Waals surface area contributed by atoms with E-state index in [-0.39, 0.29) is 11.9 Å². The molecule has 0 radical (unpaired) electrons. The van der Waals surface area contributed by atoms with Crippen LogP contribution in [0.5, 0.6) is 5.88 Å². The topological polar surface area (TPSA) is 87.0 Å². The Hall–Kier alpha value is -2.91. The highest BCUT2D eigenvalue weighted by Gasteiger charge is 2.43. The lowest BCUT2D eigenvalue weighted by Crippen LogP contribution is -2.50. The Bertz CT molecular complexity index is 890. The summed E-state index contributed by atoms with van der Waals surface area (Å²) in [6.45, 7) is 0. The number of amides is 1. The molecule has 2 heterocycles. The number of nitriles is 1. The van der Waals surface area contributed by atoms with Crippen molar-refractivity contribution >= 4 is 5.91 Å². The van der Waals surface area contributed by atoms with E-state index in [4.69, 9.17) is 4.74 Å². The number of piperidine rings is 1. The van der Waals surface area contributed by atoms with Crippen molar-refractivity contribution in [3.63, 3.8) is 0 Å². The predicted octanol–water partition coefficient (Wildman–Crippen LogP) is 2.45. The minimum absolute atomic E-state index is 0.0424. The molecular weight excluding hydrogens is 352 g/mol. The van der Waals surface area contributed by atoms with Gasteiger partial charge in [0.1, 0.15) is 6.04 Å². The van der Waals surface area contributed by atoms with E-state index in [1.807, 2.05) is 36.4 Å². The van der Waals surface area contributed by atoms with Gasteiger partial charge in [-0.15, -0.1) is 0 Å². The molecule has 1 aromatic heterocycles. The third-order valence-corrected chi connectivity index (χ3v) is 5.79. The van der Waals surface area contributed by atoms with Crippen LogP contribution < -0.4 is 15.4 Å². The average Bonchev–Trinajstić information content (AvgIpc) is 3.37. The van der Waals surface area contributed by atoms with Crippen LogP contribution in [0, 0.1) is 17.2 Å². The molecule has 1 aliphatic heterocycles. The summed E-state index contributed by atoms with van der Waals surface area (Å²) in [6, 6.07) is 13.9. The van der Waals surface area contributed by atoms with Crippen LogP contribution in [-0.2, 0) is 11.2 Å². The van der Waals surface area contributed by atoms with Crippen molar-refractivity contribution in [3.8, 4) is 23.1 Å². The van der Waals surface area contributed by atoms with Gasteiger partial charge in [0.15, 0.2) is 0 Å². The maximum Gasteiger partial charge on any atom is 0.238 e. The first-order chi connectivity index (χ1) is 13.7. The van der Waals surface area contributed by atoms with Crippen LogP contribution in [0.15, 0.2) is 42.6 Å². The Morgan fingerprint density at radius 1 is 1.32 bits per heavy atom. The number of hydrogen-bond donors (Lipinski definition) is 2. The predicted molar refractivity (Wildman–Crippen MR) is 106 cm³/mol. The number of fused-ring (bicyclic) bond motifs is 2. The molecule has 1 saturated carbocycles. The van der Waals surface area contributed by atoms with Gasteiger partial charge >= 0.3 is 0 Å². The third-order valence-electron chi connectivity index (χ3n) is 5.79. The van der Waals surface area contributed by atoms with E-state index in [0.29, 0.717) is 24.3 Å². The normalized spacial score (nSPS) is 23.8. The first-order valence-electron chi connectivity index (χ1n) is 9.71. The standard InChI is InChI=1S/C22H24N4O2/c1-28-20-12-16(8-9-24-20)15-4-2-14(3-5-15)10-19(13-23)26-22(27)21-17-6-7-18(11-17)25-21/h2-5,8-9,12,17-19,21,25H,6-7,10-11H2,1H3,(H,26,27)/t17-,18+,19-,21-/m0/s1. The number of nitrogens with one attached hydrogen (secondary N) is 2. The Kier molecular flexibility index (Phi) is 5.27. The van der Waals surface area contributed by atoms with Crippen molar-refractivity contribution in [2.45, 2.75) is 43.8 Å². The van der Waals surface area contributed by atoms with E-state index in [9.17, 15) is 10.1 Å². The van der Waals surface area contributed by atoms with Crippen molar-refractivity contribution in [2.24, 2.45) is 5.92 Å². The Balaban J connectivity index is 1.38. The van der Waals surface area contributed by atoms with Crippen LogP contribution in [0.4, 0.5) is 0 Å². The van der Waals surface area contributed by atoms with E-state index < -0.39 is 6.04 Å².